The molecule has 8 heteroatoms. The van der Waals surface area contributed by atoms with Gasteiger partial charge in [0.2, 0.25) is 5.91 Å². The number of rotatable bonds is 3. The molecule has 1 aromatic rings. The second-order valence-corrected chi connectivity index (χ2v) is 5.48. The molecule has 23 heavy (non-hydrogen) atoms. The van der Waals surface area contributed by atoms with Crippen molar-refractivity contribution in [3.05, 3.63) is 35.4 Å². The van der Waals surface area contributed by atoms with Crippen LogP contribution in [0.2, 0.25) is 0 Å². The summed E-state index contributed by atoms with van der Waals surface area (Å²) in [6.07, 6.45) is 0.264. The van der Waals surface area contributed by atoms with E-state index in [2.05, 4.69) is 0 Å². The Morgan fingerprint density at radius 1 is 1.17 bits per heavy atom. The van der Waals surface area contributed by atoms with Crippen LogP contribution >= 0.6 is 12.4 Å². The van der Waals surface area contributed by atoms with Gasteiger partial charge in [0, 0.05) is 44.7 Å². The third-order valence-electron chi connectivity index (χ3n) is 3.58. The van der Waals surface area contributed by atoms with Crippen LogP contribution in [-0.4, -0.2) is 53.8 Å². The van der Waals surface area contributed by atoms with E-state index in [1.807, 2.05) is 0 Å². The topological polar surface area (TPSA) is 66.6 Å². The van der Waals surface area contributed by atoms with Crippen molar-refractivity contribution in [3.63, 3.8) is 0 Å². The summed E-state index contributed by atoms with van der Waals surface area (Å²) in [7, 11) is 0. The van der Waals surface area contributed by atoms with Gasteiger partial charge in [0.05, 0.1) is 5.56 Å². The molecule has 0 radical (unpaired) electrons. The van der Waals surface area contributed by atoms with E-state index in [1.165, 1.54) is 4.90 Å². The zero-order valence-electron chi connectivity index (χ0n) is 12.8. The average molecular weight is 348 g/mol. The normalized spacial score (nSPS) is 15.8. The number of hydrogen-bond donors (Lipinski definition) is 1. The van der Waals surface area contributed by atoms with Gasteiger partial charge in [0.1, 0.15) is 11.6 Å². The van der Waals surface area contributed by atoms with Crippen LogP contribution in [0.5, 0.6) is 0 Å². The van der Waals surface area contributed by atoms with Crippen LogP contribution in [-0.2, 0) is 4.79 Å². The molecular formula is C15H20ClF2N3O2. The molecule has 0 aromatic heterocycles. The highest BCUT2D eigenvalue weighted by Crippen LogP contribution is 2.14. The minimum atomic E-state index is -0.875. The lowest BCUT2D eigenvalue weighted by molar-refractivity contribution is -0.132. The van der Waals surface area contributed by atoms with E-state index in [9.17, 15) is 18.4 Å². The van der Waals surface area contributed by atoms with E-state index in [1.54, 1.807) is 11.8 Å². The van der Waals surface area contributed by atoms with Gasteiger partial charge >= 0.3 is 0 Å². The zero-order valence-corrected chi connectivity index (χ0v) is 13.6. The molecule has 5 nitrogen and oxygen atoms in total. The predicted octanol–water partition coefficient (Wildman–Crippen LogP) is 1.41. The Balaban J connectivity index is 0.00000264. The fourth-order valence-corrected chi connectivity index (χ4v) is 2.40. The summed E-state index contributed by atoms with van der Waals surface area (Å²) in [6, 6.07) is 2.68. The van der Waals surface area contributed by atoms with Crippen molar-refractivity contribution < 1.29 is 18.4 Å². The second kappa shape index (κ2) is 8.21. The summed E-state index contributed by atoms with van der Waals surface area (Å²) in [4.78, 5) is 27.2. The van der Waals surface area contributed by atoms with Gasteiger partial charge in [-0.15, -0.1) is 12.4 Å². The Hall–Kier alpha value is -1.73. The molecule has 2 N–H and O–H groups in total. The lowest BCUT2D eigenvalue weighted by atomic mass is 10.1. The van der Waals surface area contributed by atoms with Gasteiger partial charge in [-0.1, -0.05) is 0 Å². The van der Waals surface area contributed by atoms with Crippen molar-refractivity contribution in [2.24, 2.45) is 5.73 Å². The maximum atomic E-state index is 13.6. The number of benzene rings is 1. The Labute approximate surface area is 139 Å². The number of nitrogens with zero attached hydrogens (tertiary/aromatic N) is 2. The second-order valence-electron chi connectivity index (χ2n) is 5.48. The van der Waals surface area contributed by atoms with Crippen LogP contribution in [0.4, 0.5) is 8.78 Å². The first-order chi connectivity index (χ1) is 10.4. The SMILES string of the molecule is CC(N)CC(=O)N1CCN(C(=O)c2ccc(F)cc2F)CC1.Cl. The van der Waals surface area contributed by atoms with Crippen LogP contribution in [0.3, 0.4) is 0 Å². The molecule has 1 fully saturated rings. The van der Waals surface area contributed by atoms with Crippen LogP contribution in [0.1, 0.15) is 23.7 Å². The third kappa shape index (κ3) is 4.87. The molecule has 0 bridgehead atoms. The molecule has 2 amide bonds. The van der Waals surface area contributed by atoms with Gasteiger partial charge in [-0.25, -0.2) is 8.78 Å². The van der Waals surface area contributed by atoms with Crippen molar-refractivity contribution in [2.45, 2.75) is 19.4 Å². The smallest absolute Gasteiger partial charge is 0.256 e. The first-order valence-electron chi connectivity index (χ1n) is 7.16. The number of nitrogens with two attached hydrogens (primary N) is 1. The van der Waals surface area contributed by atoms with Crippen molar-refractivity contribution in [1.29, 1.82) is 0 Å². The van der Waals surface area contributed by atoms with Crippen LogP contribution in [0.25, 0.3) is 0 Å². The first-order valence-corrected chi connectivity index (χ1v) is 7.16. The molecule has 1 saturated heterocycles. The molecule has 1 unspecified atom stereocenters. The fourth-order valence-electron chi connectivity index (χ4n) is 2.40. The first kappa shape index (κ1) is 19.3. The Morgan fingerprint density at radius 2 is 1.74 bits per heavy atom. The summed E-state index contributed by atoms with van der Waals surface area (Å²) in [6.45, 7) is 3.18. The van der Waals surface area contributed by atoms with E-state index in [0.717, 1.165) is 12.1 Å². The minimum absolute atomic E-state index is 0. The molecule has 1 aliphatic heterocycles. The molecule has 1 aliphatic rings. The van der Waals surface area contributed by atoms with Crippen molar-refractivity contribution in [2.75, 3.05) is 26.2 Å². The van der Waals surface area contributed by atoms with E-state index >= 15 is 0 Å². The molecule has 0 aliphatic carbocycles. The molecule has 2 rings (SSSR count). The largest absolute Gasteiger partial charge is 0.339 e. The highest BCUT2D eigenvalue weighted by molar-refractivity contribution is 5.94. The quantitative estimate of drug-likeness (QED) is 0.899. The molecule has 0 saturated carbocycles. The van der Waals surface area contributed by atoms with Gasteiger partial charge in [-0.2, -0.15) is 0 Å². The number of hydrogen-bond acceptors (Lipinski definition) is 3. The summed E-state index contributed by atoms with van der Waals surface area (Å²) >= 11 is 0. The zero-order chi connectivity index (χ0) is 16.3. The van der Waals surface area contributed by atoms with Crippen molar-refractivity contribution in [3.8, 4) is 0 Å². The Kier molecular flexibility index (Phi) is 6.90. The van der Waals surface area contributed by atoms with E-state index in [0.29, 0.717) is 32.2 Å². The molecule has 1 heterocycles. The summed E-state index contributed by atoms with van der Waals surface area (Å²) in [5.74, 6) is -2.13. The number of halogens is 3. The van der Waals surface area contributed by atoms with Gasteiger partial charge in [-0.3, -0.25) is 9.59 Å². The van der Waals surface area contributed by atoms with Gasteiger partial charge < -0.3 is 15.5 Å². The predicted molar refractivity (Wildman–Crippen MR) is 84.4 cm³/mol. The highest BCUT2D eigenvalue weighted by Gasteiger charge is 2.26. The van der Waals surface area contributed by atoms with E-state index in [-0.39, 0.29) is 36.3 Å². The van der Waals surface area contributed by atoms with Crippen molar-refractivity contribution in [1.82, 2.24) is 9.80 Å². The van der Waals surface area contributed by atoms with Crippen LogP contribution in [0, 0.1) is 11.6 Å². The number of piperazine rings is 1. The molecular weight excluding hydrogens is 328 g/mol. The maximum Gasteiger partial charge on any atom is 0.256 e. The average Bonchev–Trinajstić information content (AvgIpc) is 2.46. The molecule has 1 atom stereocenters. The molecule has 128 valence electrons. The Morgan fingerprint density at radius 3 is 2.26 bits per heavy atom. The lowest BCUT2D eigenvalue weighted by Gasteiger charge is -2.35. The van der Waals surface area contributed by atoms with Crippen molar-refractivity contribution >= 4 is 24.2 Å². The monoisotopic (exact) mass is 347 g/mol. The summed E-state index contributed by atoms with van der Waals surface area (Å²) in [5.41, 5.74) is 5.44. The van der Waals surface area contributed by atoms with Gasteiger partial charge in [0.15, 0.2) is 0 Å². The molecule has 1 aromatic carbocycles. The molecule has 0 spiro atoms. The number of carbonyl (C=O) groups is 2. The third-order valence-corrected chi connectivity index (χ3v) is 3.58. The van der Waals surface area contributed by atoms with E-state index in [4.69, 9.17) is 5.73 Å². The maximum absolute atomic E-state index is 13.6. The summed E-state index contributed by atoms with van der Waals surface area (Å²) in [5, 5.41) is 0. The van der Waals surface area contributed by atoms with Crippen LogP contribution < -0.4 is 5.73 Å². The van der Waals surface area contributed by atoms with E-state index < -0.39 is 17.5 Å². The minimum Gasteiger partial charge on any atom is -0.339 e. The lowest BCUT2D eigenvalue weighted by Crippen LogP contribution is -2.51. The van der Waals surface area contributed by atoms with Crippen LogP contribution in [0.15, 0.2) is 18.2 Å². The highest BCUT2D eigenvalue weighted by atomic mass is 35.5. The number of amides is 2. The van der Waals surface area contributed by atoms with Gasteiger partial charge in [0.25, 0.3) is 5.91 Å². The standard InChI is InChI=1S/C15H19F2N3O2.ClH/c1-10(18)8-14(21)19-4-6-20(7-5-19)15(22)12-3-2-11(16)9-13(12)17;/h2-3,9-10H,4-8,18H2,1H3;1H. The number of carbonyl (C=O) groups excluding carboxylic acids is 2. The Bertz CT molecular complexity index is 576. The fraction of sp³-hybridized carbons (Fsp3) is 0.467. The van der Waals surface area contributed by atoms with Gasteiger partial charge in [-0.05, 0) is 19.1 Å². The summed E-state index contributed by atoms with van der Waals surface area (Å²) < 4.78 is 26.5.